The number of nitrogens with two attached hydrogens (primary N) is 1. The molecule has 0 amide bonds. The molecule has 7 nitrogen and oxygen atoms in total. The number of benzene rings is 1. The minimum absolute atomic E-state index is 0.122. The molecule has 0 spiro atoms. The number of hydrogen-bond acceptors (Lipinski definition) is 5. The molecule has 0 unspecified atom stereocenters. The highest BCUT2D eigenvalue weighted by Gasteiger charge is 2.14. The van der Waals surface area contributed by atoms with Crippen molar-refractivity contribution in [2.75, 3.05) is 12.3 Å². The molecule has 1 aromatic carbocycles. The average Bonchev–Trinajstić information content (AvgIpc) is 2.12. The second-order valence-electron chi connectivity index (χ2n) is 3.15. The Labute approximate surface area is 91.8 Å². The van der Waals surface area contributed by atoms with Gasteiger partial charge in [-0.25, -0.2) is 0 Å². The van der Waals surface area contributed by atoms with Crippen LogP contribution in [0.5, 0.6) is 0 Å². The van der Waals surface area contributed by atoms with E-state index in [4.69, 9.17) is 10.3 Å². The van der Waals surface area contributed by atoms with Gasteiger partial charge in [-0.1, -0.05) is 6.07 Å². The van der Waals surface area contributed by atoms with Gasteiger partial charge in [0, 0.05) is 11.3 Å². The summed E-state index contributed by atoms with van der Waals surface area (Å²) in [6.07, 6.45) is 0.156. The van der Waals surface area contributed by atoms with E-state index in [9.17, 15) is 18.5 Å². The van der Waals surface area contributed by atoms with Gasteiger partial charge in [-0.15, -0.1) is 0 Å². The largest absolute Gasteiger partial charge is 0.398 e. The maximum Gasteiger partial charge on any atom is 0.296 e. The van der Waals surface area contributed by atoms with Crippen molar-refractivity contribution in [1.82, 2.24) is 0 Å². The molecule has 0 saturated heterocycles. The predicted molar refractivity (Wildman–Crippen MR) is 56.2 cm³/mol. The first kappa shape index (κ1) is 12.4. The van der Waals surface area contributed by atoms with Crippen LogP contribution in [0, 0.1) is 10.1 Å². The van der Waals surface area contributed by atoms with Crippen LogP contribution < -0.4 is 5.73 Å². The number of hydrogen-bond donors (Lipinski definition) is 2. The lowest BCUT2D eigenvalue weighted by Gasteiger charge is -2.04. The van der Waals surface area contributed by atoms with Crippen molar-refractivity contribution >= 4 is 15.8 Å². The molecule has 3 N–H and O–H groups in total. The average molecular weight is 246 g/mol. The molecular weight excluding hydrogens is 236 g/mol. The summed E-state index contributed by atoms with van der Waals surface area (Å²) < 4.78 is 30.4. The Morgan fingerprint density at radius 1 is 1.44 bits per heavy atom. The number of anilines is 1. The van der Waals surface area contributed by atoms with Gasteiger partial charge in [0.2, 0.25) is 6.54 Å². The minimum atomic E-state index is -4.34. The lowest BCUT2D eigenvalue weighted by Crippen LogP contribution is -2.07. The fourth-order valence-electron chi connectivity index (χ4n) is 1.21. The molecule has 0 radical (unpaired) electrons. The van der Waals surface area contributed by atoms with Crippen molar-refractivity contribution < 1.29 is 17.9 Å². The van der Waals surface area contributed by atoms with Gasteiger partial charge in [0.05, 0.1) is 5.69 Å². The third-order valence-electron chi connectivity index (χ3n) is 1.94. The molecule has 16 heavy (non-hydrogen) atoms. The Kier molecular flexibility index (Phi) is 3.45. The van der Waals surface area contributed by atoms with Crippen molar-refractivity contribution in [3.8, 4) is 0 Å². The van der Waals surface area contributed by atoms with E-state index in [1.807, 2.05) is 0 Å². The van der Waals surface area contributed by atoms with E-state index in [2.05, 4.69) is 0 Å². The summed E-state index contributed by atoms with van der Waals surface area (Å²) in [6.45, 7) is -0.259. The van der Waals surface area contributed by atoms with E-state index < -0.39 is 19.9 Å². The Morgan fingerprint density at radius 3 is 2.50 bits per heavy atom. The fourth-order valence-corrected chi connectivity index (χ4v) is 1.81. The van der Waals surface area contributed by atoms with Gasteiger partial charge >= 0.3 is 0 Å². The maximum atomic E-state index is 10.8. The van der Waals surface area contributed by atoms with E-state index in [-0.39, 0.29) is 18.7 Å². The SMILES string of the molecule is Nc1cc(CC[N+](=O)[O-])ccc1S(=O)(=O)O. The lowest BCUT2D eigenvalue weighted by molar-refractivity contribution is -0.479. The van der Waals surface area contributed by atoms with Crippen molar-refractivity contribution in [3.05, 3.63) is 33.9 Å². The van der Waals surface area contributed by atoms with E-state index in [1.54, 1.807) is 0 Å². The van der Waals surface area contributed by atoms with Gasteiger partial charge in [-0.2, -0.15) is 8.42 Å². The molecule has 0 bridgehead atoms. The van der Waals surface area contributed by atoms with Crippen LogP contribution in [0.4, 0.5) is 5.69 Å². The number of rotatable bonds is 4. The summed E-state index contributed by atoms with van der Waals surface area (Å²) >= 11 is 0. The third kappa shape index (κ3) is 3.17. The first-order valence-electron chi connectivity index (χ1n) is 4.28. The summed E-state index contributed by atoms with van der Waals surface area (Å²) in [5.41, 5.74) is 5.83. The van der Waals surface area contributed by atoms with Crippen LogP contribution in [0.1, 0.15) is 5.56 Å². The number of nitrogen functional groups attached to an aromatic ring is 1. The van der Waals surface area contributed by atoms with Crippen molar-refractivity contribution in [1.29, 1.82) is 0 Å². The molecule has 1 rings (SSSR count). The van der Waals surface area contributed by atoms with E-state index in [0.717, 1.165) is 6.07 Å². The van der Waals surface area contributed by atoms with Gasteiger partial charge in [0.15, 0.2) is 0 Å². The predicted octanol–water partition coefficient (Wildman–Crippen LogP) is 0.335. The summed E-state index contributed by atoms with van der Waals surface area (Å²) in [4.78, 5) is 9.25. The molecule has 0 aromatic heterocycles. The van der Waals surface area contributed by atoms with Crippen LogP contribution in [0.25, 0.3) is 0 Å². The van der Waals surface area contributed by atoms with Crippen molar-refractivity contribution in [2.45, 2.75) is 11.3 Å². The second kappa shape index (κ2) is 4.45. The van der Waals surface area contributed by atoms with E-state index in [0.29, 0.717) is 5.56 Å². The molecule has 1 aromatic rings. The Morgan fingerprint density at radius 2 is 2.06 bits per heavy atom. The highest BCUT2D eigenvalue weighted by Crippen LogP contribution is 2.19. The standard InChI is InChI=1S/C8H10N2O5S/c9-7-5-6(3-4-10(11)12)1-2-8(7)16(13,14)15/h1-2,5H,3-4,9H2,(H,13,14,15). The van der Waals surface area contributed by atoms with Crippen LogP contribution >= 0.6 is 0 Å². The summed E-state index contributed by atoms with van der Waals surface area (Å²) in [5, 5.41) is 10.1. The van der Waals surface area contributed by atoms with Crippen LogP contribution in [0.2, 0.25) is 0 Å². The van der Waals surface area contributed by atoms with Gasteiger partial charge in [-0.05, 0) is 17.7 Å². The second-order valence-corrected chi connectivity index (χ2v) is 4.54. The lowest BCUT2D eigenvalue weighted by atomic mass is 10.1. The van der Waals surface area contributed by atoms with Crippen molar-refractivity contribution in [2.24, 2.45) is 0 Å². The summed E-state index contributed by atoms with van der Waals surface area (Å²) in [5.74, 6) is 0. The highest BCUT2D eigenvalue weighted by atomic mass is 32.2. The highest BCUT2D eigenvalue weighted by molar-refractivity contribution is 7.86. The number of nitrogens with zero attached hydrogens (tertiary/aromatic N) is 1. The fraction of sp³-hybridized carbons (Fsp3) is 0.250. The minimum Gasteiger partial charge on any atom is -0.398 e. The third-order valence-corrected chi connectivity index (χ3v) is 2.86. The maximum absolute atomic E-state index is 10.8. The summed E-state index contributed by atoms with van der Waals surface area (Å²) in [6, 6.07) is 3.80. The molecule has 0 aliphatic carbocycles. The smallest absolute Gasteiger partial charge is 0.296 e. The molecule has 0 aliphatic rings. The number of nitro groups is 1. The van der Waals surface area contributed by atoms with Crippen LogP contribution in [0.3, 0.4) is 0 Å². The van der Waals surface area contributed by atoms with Gasteiger partial charge < -0.3 is 5.73 Å². The molecule has 0 saturated carbocycles. The van der Waals surface area contributed by atoms with Crippen LogP contribution in [0.15, 0.2) is 23.1 Å². The van der Waals surface area contributed by atoms with Gasteiger partial charge in [0.25, 0.3) is 10.1 Å². The molecule has 0 aliphatic heterocycles. The first-order chi connectivity index (χ1) is 7.30. The molecule has 0 fully saturated rings. The quantitative estimate of drug-likeness (QED) is 0.341. The molecule has 88 valence electrons. The topological polar surface area (TPSA) is 124 Å². The zero-order valence-electron chi connectivity index (χ0n) is 8.16. The molecular formula is C8H10N2O5S. The molecule has 8 heteroatoms. The molecule has 0 heterocycles. The Hall–Kier alpha value is -1.67. The van der Waals surface area contributed by atoms with Crippen LogP contribution in [-0.4, -0.2) is 24.4 Å². The monoisotopic (exact) mass is 246 g/mol. The Bertz CT molecular complexity index is 511. The van der Waals surface area contributed by atoms with Crippen LogP contribution in [-0.2, 0) is 16.5 Å². The Balaban J connectivity index is 2.96. The zero-order valence-corrected chi connectivity index (χ0v) is 8.98. The van der Waals surface area contributed by atoms with Gasteiger partial charge in [0.1, 0.15) is 4.90 Å². The normalized spacial score (nSPS) is 11.3. The van der Waals surface area contributed by atoms with Gasteiger partial charge in [-0.3, -0.25) is 14.7 Å². The van der Waals surface area contributed by atoms with E-state index in [1.165, 1.54) is 12.1 Å². The van der Waals surface area contributed by atoms with Crippen molar-refractivity contribution in [3.63, 3.8) is 0 Å². The molecule has 0 atom stereocenters. The van der Waals surface area contributed by atoms with E-state index >= 15 is 0 Å². The zero-order chi connectivity index (χ0) is 12.3. The summed E-state index contributed by atoms with van der Waals surface area (Å²) in [7, 11) is -4.34. The first-order valence-corrected chi connectivity index (χ1v) is 5.72.